The van der Waals surface area contributed by atoms with Gasteiger partial charge in [0.2, 0.25) is 0 Å². The molecule has 1 aliphatic heterocycles. The first-order valence-corrected chi connectivity index (χ1v) is 6.96. The number of aliphatic carboxylic acids is 1. The van der Waals surface area contributed by atoms with Crippen molar-refractivity contribution in [3.63, 3.8) is 0 Å². The first kappa shape index (κ1) is 14.4. The molecule has 0 radical (unpaired) electrons. The lowest BCUT2D eigenvalue weighted by Crippen LogP contribution is -2.32. The molecule has 1 atom stereocenters. The summed E-state index contributed by atoms with van der Waals surface area (Å²) in [6.45, 7) is 1.90. The number of carboxylic acids is 1. The molecular weight excluding hydrogens is 287 g/mol. The highest BCUT2D eigenvalue weighted by Crippen LogP contribution is 2.37. The fraction of sp³-hybridized carbons (Fsp3) is 0.462. The molecule has 0 saturated carbocycles. The molecule has 0 aromatic heterocycles. The second-order valence-electron chi connectivity index (χ2n) is 4.75. The first-order chi connectivity index (χ1) is 8.99. The fourth-order valence-corrected chi connectivity index (χ4v) is 3.09. The van der Waals surface area contributed by atoms with E-state index in [9.17, 15) is 4.79 Å². The summed E-state index contributed by atoms with van der Waals surface area (Å²) in [6, 6.07) is 2.57. The van der Waals surface area contributed by atoms with Crippen molar-refractivity contribution in [1.82, 2.24) is 0 Å². The minimum atomic E-state index is -1.03. The molecule has 104 valence electrons. The summed E-state index contributed by atoms with van der Waals surface area (Å²) in [6.07, 6.45) is 2.49. The van der Waals surface area contributed by atoms with Gasteiger partial charge >= 0.3 is 5.97 Å². The third kappa shape index (κ3) is 3.32. The van der Waals surface area contributed by atoms with Crippen molar-refractivity contribution >= 4 is 34.9 Å². The Balaban J connectivity index is 2.23. The molecule has 0 amide bonds. The van der Waals surface area contributed by atoms with Gasteiger partial charge in [0, 0.05) is 13.1 Å². The van der Waals surface area contributed by atoms with E-state index in [1.165, 1.54) is 0 Å². The molecule has 4 nitrogen and oxygen atoms in total. The number of anilines is 1. The zero-order valence-corrected chi connectivity index (χ0v) is 11.9. The third-order valence-corrected chi connectivity index (χ3v) is 3.85. The lowest BCUT2D eigenvalue weighted by Gasteiger charge is -2.21. The third-order valence-electron chi connectivity index (χ3n) is 3.27. The first-order valence-electron chi connectivity index (χ1n) is 6.20. The minimum Gasteiger partial charge on any atom is -0.480 e. The van der Waals surface area contributed by atoms with E-state index in [4.69, 9.17) is 34.0 Å². The molecule has 1 aromatic rings. The quantitative estimate of drug-likeness (QED) is 0.897. The molecule has 1 heterocycles. The number of benzene rings is 1. The second-order valence-corrected chi connectivity index (χ2v) is 5.57. The van der Waals surface area contributed by atoms with Crippen LogP contribution in [0, 0.1) is 0 Å². The van der Waals surface area contributed by atoms with E-state index in [2.05, 4.69) is 4.90 Å². The SMILES string of the molecule is NC(Cc1cc(Cl)c(N2CCCC2)c(Cl)c1)C(=O)O. The maximum absolute atomic E-state index is 10.8. The van der Waals surface area contributed by atoms with Crippen LogP contribution in [0.3, 0.4) is 0 Å². The standard InChI is InChI=1S/C13H16Cl2N2O2/c14-9-5-8(7-11(16)13(18)19)6-10(15)12(9)17-3-1-2-4-17/h5-6,11H,1-4,7,16H2,(H,18,19). The number of hydrogen-bond acceptors (Lipinski definition) is 3. The van der Waals surface area contributed by atoms with Gasteiger partial charge in [-0.3, -0.25) is 4.79 Å². The van der Waals surface area contributed by atoms with Crippen LogP contribution in [-0.4, -0.2) is 30.2 Å². The summed E-state index contributed by atoms with van der Waals surface area (Å²) in [5, 5.41) is 9.92. The minimum absolute atomic E-state index is 0.217. The number of halogens is 2. The Bertz CT molecular complexity index is 465. The van der Waals surface area contributed by atoms with Gasteiger partial charge in [-0.2, -0.15) is 0 Å². The molecule has 2 rings (SSSR count). The molecule has 0 aliphatic carbocycles. The van der Waals surface area contributed by atoms with Gasteiger partial charge < -0.3 is 15.7 Å². The summed E-state index contributed by atoms with van der Waals surface area (Å²) in [5.41, 5.74) is 7.10. The van der Waals surface area contributed by atoms with Crippen molar-refractivity contribution in [1.29, 1.82) is 0 Å². The highest BCUT2D eigenvalue weighted by atomic mass is 35.5. The molecule has 0 spiro atoms. The van der Waals surface area contributed by atoms with Gasteiger partial charge in [-0.25, -0.2) is 0 Å². The zero-order chi connectivity index (χ0) is 14.0. The number of carboxylic acid groups (broad SMARTS) is 1. The van der Waals surface area contributed by atoms with Crippen LogP contribution in [0.4, 0.5) is 5.69 Å². The largest absolute Gasteiger partial charge is 0.480 e. The van der Waals surface area contributed by atoms with E-state index < -0.39 is 12.0 Å². The normalized spacial score (nSPS) is 16.7. The molecule has 1 saturated heterocycles. The van der Waals surface area contributed by atoms with Crippen molar-refractivity contribution in [2.24, 2.45) is 5.73 Å². The van der Waals surface area contributed by atoms with Crippen molar-refractivity contribution in [2.75, 3.05) is 18.0 Å². The Morgan fingerprint density at radius 1 is 1.32 bits per heavy atom. The lowest BCUT2D eigenvalue weighted by molar-refractivity contribution is -0.138. The van der Waals surface area contributed by atoms with Crippen molar-refractivity contribution in [3.8, 4) is 0 Å². The molecule has 19 heavy (non-hydrogen) atoms. The van der Waals surface area contributed by atoms with Crippen LogP contribution in [0.15, 0.2) is 12.1 Å². The van der Waals surface area contributed by atoms with Crippen molar-refractivity contribution < 1.29 is 9.90 Å². The van der Waals surface area contributed by atoms with Gasteiger partial charge in [-0.15, -0.1) is 0 Å². The van der Waals surface area contributed by atoms with E-state index in [0.29, 0.717) is 10.0 Å². The summed E-state index contributed by atoms with van der Waals surface area (Å²) in [5.74, 6) is -1.03. The summed E-state index contributed by atoms with van der Waals surface area (Å²) >= 11 is 12.5. The van der Waals surface area contributed by atoms with E-state index in [-0.39, 0.29) is 6.42 Å². The molecular formula is C13H16Cl2N2O2. The molecule has 0 bridgehead atoms. The van der Waals surface area contributed by atoms with Crippen LogP contribution in [0.5, 0.6) is 0 Å². The Kier molecular flexibility index (Phi) is 4.55. The smallest absolute Gasteiger partial charge is 0.320 e. The average molecular weight is 303 g/mol. The summed E-state index contributed by atoms with van der Waals surface area (Å²) in [7, 11) is 0. The van der Waals surface area contributed by atoms with Crippen LogP contribution < -0.4 is 10.6 Å². The van der Waals surface area contributed by atoms with E-state index in [1.54, 1.807) is 12.1 Å². The predicted molar refractivity (Wildman–Crippen MR) is 77.2 cm³/mol. The van der Waals surface area contributed by atoms with Crippen LogP contribution in [0.25, 0.3) is 0 Å². The molecule has 1 aliphatic rings. The number of rotatable bonds is 4. The number of nitrogens with zero attached hydrogens (tertiary/aromatic N) is 1. The monoisotopic (exact) mass is 302 g/mol. The predicted octanol–water partition coefficient (Wildman–Crippen LogP) is 2.55. The van der Waals surface area contributed by atoms with Gasteiger partial charge in [0.15, 0.2) is 0 Å². The molecule has 1 unspecified atom stereocenters. The van der Waals surface area contributed by atoms with Gasteiger partial charge in [-0.1, -0.05) is 23.2 Å². The van der Waals surface area contributed by atoms with E-state index in [1.807, 2.05) is 0 Å². The average Bonchev–Trinajstić information content (AvgIpc) is 2.81. The van der Waals surface area contributed by atoms with Crippen molar-refractivity contribution in [3.05, 3.63) is 27.7 Å². The van der Waals surface area contributed by atoms with Crippen LogP contribution in [0.2, 0.25) is 10.0 Å². The van der Waals surface area contributed by atoms with Crippen LogP contribution in [0.1, 0.15) is 18.4 Å². The Hall–Kier alpha value is -0.970. The Labute approximate surface area is 122 Å². The van der Waals surface area contributed by atoms with Crippen molar-refractivity contribution in [2.45, 2.75) is 25.3 Å². The van der Waals surface area contributed by atoms with Crippen LogP contribution in [-0.2, 0) is 11.2 Å². The maximum Gasteiger partial charge on any atom is 0.320 e. The second kappa shape index (κ2) is 5.99. The topological polar surface area (TPSA) is 66.6 Å². The number of hydrogen-bond donors (Lipinski definition) is 2. The highest BCUT2D eigenvalue weighted by Gasteiger charge is 2.20. The highest BCUT2D eigenvalue weighted by molar-refractivity contribution is 6.39. The fourth-order valence-electron chi connectivity index (χ4n) is 2.32. The maximum atomic E-state index is 10.8. The summed E-state index contributed by atoms with van der Waals surface area (Å²) in [4.78, 5) is 12.9. The Morgan fingerprint density at radius 3 is 2.32 bits per heavy atom. The molecule has 3 N–H and O–H groups in total. The zero-order valence-electron chi connectivity index (χ0n) is 10.4. The van der Waals surface area contributed by atoms with Gasteiger partial charge in [-0.05, 0) is 37.0 Å². The number of nitrogens with two attached hydrogens (primary N) is 1. The Morgan fingerprint density at radius 2 is 1.84 bits per heavy atom. The van der Waals surface area contributed by atoms with Gasteiger partial charge in [0.1, 0.15) is 6.04 Å². The van der Waals surface area contributed by atoms with E-state index >= 15 is 0 Å². The molecule has 1 fully saturated rings. The van der Waals surface area contributed by atoms with E-state index in [0.717, 1.165) is 37.2 Å². The van der Waals surface area contributed by atoms with Gasteiger partial charge in [0.05, 0.1) is 15.7 Å². The lowest BCUT2D eigenvalue weighted by atomic mass is 10.1. The molecule has 1 aromatic carbocycles. The van der Waals surface area contributed by atoms with Gasteiger partial charge in [0.25, 0.3) is 0 Å². The van der Waals surface area contributed by atoms with Crippen LogP contribution >= 0.6 is 23.2 Å². The number of carbonyl (C=O) groups is 1. The summed E-state index contributed by atoms with van der Waals surface area (Å²) < 4.78 is 0. The molecule has 6 heteroatoms.